The van der Waals surface area contributed by atoms with Crippen molar-refractivity contribution >= 4 is 6.03 Å². The van der Waals surface area contributed by atoms with Crippen LogP contribution in [0.25, 0.3) is 0 Å². The van der Waals surface area contributed by atoms with E-state index in [1.54, 1.807) is 6.33 Å². The summed E-state index contributed by atoms with van der Waals surface area (Å²) < 4.78 is 1.92. The van der Waals surface area contributed by atoms with E-state index in [4.69, 9.17) is 0 Å². The Balaban J connectivity index is 1.58. The van der Waals surface area contributed by atoms with Crippen LogP contribution >= 0.6 is 0 Å². The Labute approximate surface area is 138 Å². The maximum absolute atomic E-state index is 11.8. The molecule has 2 heterocycles. The molecule has 1 saturated heterocycles. The van der Waals surface area contributed by atoms with Gasteiger partial charge in [-0.2, -0.15) is 0 Å². The number of aromatic nitrogens is 3. The molecule has 130 valence electrons. The molecule has 1 aromatic rings. The van der Waals surface area contributed by atoms with E-state index in [0.717, 1.165) is 37.2 Å². The average molecular weight is 322 g/mol. The van der Waals surface area contributed by atoms with Gasteiger partial charge in [0.2, 0.25) is 0 Å². The summed E-state index contributed by atoms with van der Waals surface area (Å²) >= 11 is 0. The van der Waals surface area contributed by atoms with Gasteiger partial charge in [-0.15, -0.1) is 10.2 Å². The van der Waals surface area contributed by atoms with Gasteiger partial charge in [0.15, 0.2) is 5.82 Å². The quantitative estimate of drug-likeness (QED) is 0.745. The first-order valence-corrected chi connectivity index (χ1v) is 8.69. The molecule has 1 aliphatic rings. The Morgan fingerprint density at radius 3 is 2.74 bits per heavy atom. The smallest absolute Gasteiger partial charge is 0.315 e. The first-order chi connectivity index (χ1) is 11.1. The fraction of sp³-hybridized carbons (Fsp3) is 0.812. The summed E-state index contributed by atoms with van der Waals surface area (Å²) in [6, 6.07) is -0.143. The van der Waals surface area contributed by atoms with E-state index in [-0.39, 0.29) is 6.03 Å². The number of nitrogens with one attached hydrogen (secondary N) is 2. The molecular weight excluding hydrogens is 292 g/mol. The third-order valence-electron chi connectivity index (χ3n) is 4.32. The molecule has 0 aliphatic carbocycles. The summed E-state index contributed by atoms with van der Waals surface area (Å²) in [7, 11) is 0. The zero-order valence-electron chi connectivity index (χ0n) is 14.6. The van der Waals surface area contributed by atoms with Crippen LogP contribution in [-0.4, -0.2) is 51.9 Å². The lowest BCUT2D eigenvalue weighted by Crippen LogP contribution is -2.41. The van der Waals surface area contributed by atoms with E-state index >= 15 is 0 Å². The molecular formula is C16H30N6O. The lowest BCUT2D eigenvalue weighted by atomic mass is 9.92. The Bertz CT molecular complexity index is 479. The predicted molar refractivity (Wildman–Crippen MR) is 89.9 cm³/mol. The van der Waals surface area contributed by atoms with Crippen LogP contribution < -0.4 is 10.6 Å². The Morgan fingerprint density at radius 1 is 1.30 bits per heavy atom. The van der Waals surface area contributed by atoms with Gasteiger partial charge in [-0.3, -0.25) is 0 Å². The van der Waals surface area contributed by atoms with E-state index in [0.29, 0.717) is 13.1 Å². The van der Waals surface area contributed by atoms with E-state index in [9.17, 15) is 4.79 Å². The topological polar surface area (TPSA) is 75.1 Å². The third kappa shape index (κ3) is 5.82. The Morgan fingerprint density at radius 2 is 2.04 bits per heavy atom. The second-order valence-electron chi connectivity index (χ2n) is 6.70. The van der Waals surface area contributed by atoms with E-state index in [2.05, 4.69) is 39.6 Å². The minimum atomic E-state index is -0.143. The van der Waals surface area contributed by atoms with Gasteiger partial charge >= 0.3 is 6.03 Å². The van der Waals surface area contributed by atoms with Crippen molar-refractivity contribution in [2.75, 3.05) is 26.2 Å². The summed E-state index contributed by atoms with van der Waals surface area (Å²) in [5, 5.41) is 13.6. The number of aryl methyl sites for hydroxylation is 1. The van der Waals surface area contributed by atoms with Gasteiger partial charge in [-0.05, 0) is 38.1 Å². The van der Waals surface area contributed by atoms with Crippen LogP contribution in [0.2, 0.25) is 0 Å². The molecule has 0 saturated carbocycles. The number of hydrogen-bond acceptors (Lipinski definition) is 4. The molecule has 7 nitrogen and oxygen atoms in total. The van der Waals surface area contributed by atoms with Crippen LogP contribution in [0.15, 0.2) is 6.33 Å². The highest BCUT2D eigenvalue weighted by Crippen LogP contribution is 2.20. The molecule has 0 spiro atoms. The first kappa shape index (κ1) is 17.7. The maximum Gasteiger partial charge on any atom is 0.315 e. The summed E-state index contributed by atoms with van der Waals surface area (Å²) in [6.45, 7) is 12.0. The van der Waals surface area contributed by atoms with Crippen molar-refractivity contribution in [2.45, 2.75) is 46.7 Å². The van der Waals surface area contributed by atoms with Crippen molar-refractivity contribution in [3.63, 3.8) is 0 Å². The molecule has 0 radical (unpaired) electrons. The first-order valence-electron chi connectivity index (χ1n) is 8.69. The number of urea groups is 1. The molecule has 1 fully saturated rings. The largest absolute Gasteiger partial charge is 0.338 e. The second kappa shape index (κ2) is 8.86. The predicted octanol–water partition coefficient (Wildman–Crippen LogP) is 1.47. The normalized spacial score (nSPS) is 22.0. The van der Waals surface area contributed by atoms with Crippen LogP contribution in [0.3, 0.4) is 0 Å². The standard InChI is InChI=1S/C16H30N6O/c1-4-22-12-19-20-15(22)9-18-16(23)17-6-5-7-21-10-13(2)8-14(3)11-21/h12-14H,4-11H2,1-3H3,(H2,17,18,23)/t13-,14-/m0/s1. The zero-order chi connectivity index (χ0) is 16.7. The number of amides is 2. The number of carbonyl (C=O) groups excluding carboxylic acids is 1. The van der Waals surface area contributed by atoms with Crippen molar-refractivity contribution < 1.29 is 4.79 Å². The van der Waals surface area contributed by atoms with Crippen LogP contribution in [0.1, 0.15) is 39.4 Å². The van der Waals surface area contributed by atoms with Crippen molar-refractivity contribution in [2.24, 2.45) is 11.8 Å². The number of rotatable bonds is 7. The molecule has 0 bridgehead atoms. The van der Waals surface area contributed by atoms with Crippen LogP contribution in [0.5, 0.6) is 0 Å². The SMILES string of the molecule is CCn1cnnc1CNC(=O)NCCCN1C[C@@H](C)C[C@H](C)C1. The molecule has 0 aromatic carbocycles. The summed E-state index contributed by atoms with van der Waals surface area (Å²) in [6.07, 6.45) is 3.99. The monoisotopic (exact) mass is 322 g/mol. The van der Waals surface area contributed by atoms with Crippen molar-refractivity contribution in [3.05, 3.63) is 12.2 Å². The molecule has 2 amide bonds. The third-order valence-corrected chi connectivity index (χ3v) is 4.32. The van der Waals surface area contributed by atoms with Gasteiger partial charge in [0.1, 0.15) is 6.33 Å². The van der Waals surface area contributed by atoms with Crippen LogP contribution in [-0.2, 0) is 13.1 Å². The Hall–Kier alpha value is -1.63. The lowest BCUT2D eigenvalue weighted by Gasteiger charge is -2.34. The van der Waals surface area contributed by atoms with E-state index < -0.39 is 0 Å². The van der Waals surface area contributed by atoms with Gasteiger partial charge in [-0.25, -0.2) is 4.79 Å². The molecule has 1 aliphatic heterocycles. The summed E-state index contributed by atoms with van der Waals surface area (Å²) in [5.41, 5.74) is 0. The Kier molecular flexibility index (Phi) is 6.83. The fourth-order valence-corrected chi connectivity index (χ4v) is 3.38. The molecule has 0 unspecified atom stereocenters. The van der Waals surface area contributed by atoms with Crippen LogP contribution in [0.4, 0.5) is 4.79 Å². The summed E-state index contributed by atoms with van der Waals surface area (Å²) in [4.78, 5) is 14.3. The van der Waals surface area contributed by atoms with Crippen molar-refractivity contribution in [1.82, 2.24) is 30.3 Å². The number of likely N-dealkylation sites (tertiary alicyclic amines) is 1. The second-order valence-corrected chi connectivity index (χ2v) is 6.70. The number of hydrogen-bond donors (Lipinski definition) is 2. The molecule has 1 aromatic heterocycles. The lowest BCUT2D eigenvalue weighted by molar-refractivity contribution is 0.139. The minimum absolute atomic E-state index is 0.143. The number of piperidine rings is 1. The van der Waals surface area contributed by atoms with Gasteiger partial charge < -0.3 is 20.1 Å². The van der Waals surface area contributed by atoms with Gasteiger partial charge in [0, 0.05) is 26.2 Å². The van der Waals surface area contributed by atoms with Crippen LogP contribution in [0, 0.1) is 11.8 Å². The highest BCUT2D eigenvalue weighted by molar-refractivity contribution is 5.73. The molecule has 23 heavy (non-hydrogen) atoms. The number of nitrogens with zero attached hydrogens (tertiary/aromatic N) is 4. The fourth-order valence-electron chi connectivity index (χ4n) is 3.38. The van der Waals surface area contributed by atoms with Crippen molar-refractivity contribution in [3.8, 4) is 0 Å². The maximum atomic E-state index is 11.8. The zero-order valence-corrected chi connectivity index (χ0v) is 14.6. The van der Waals surface area contributed by atoms with E-state index in [1.807, 2.05) is 11.5 Å². The molecule has 2 N–H and O–H groups in total. The highest BCUT2D eigenvalue weighted by atomic mass is 16.2. The number of carbonyl (C=O) groups is 1. The molecule has 7 heteroatoms. The van der Waals surface area contributed by atoms with Gasteiger partial charge in [0.05, 0.1) is 6.54 Å². The van der Waals surface area contributed by atoms with Gasteiger partial charge in [0.25, 0.3) is 0 Å². The molecule has 2 atom stereocenters. The molecule has 2 rings (SSSR count). The van der Waals surface area contributed by atoms with Crippen molar-refractivity contribution in [1.29, 1.82) is 0 Å². The summed E-state index contributed by atoms with van der Waals surface area (Å²) in [5.74, 6) is 2.34. The average Bonchev–Trinajstić information content (AvgIpc) is 2.96. The van der Waals surface area contributed by atoms with Gasteiger partial charge in [-0.1, -0.05) is 13.8 Å². The highest BCUT2D eigenvalue weighted by Gasteiger charge is 2.20. The minimum Gasteiger partial charge on any atom is -0.338 e. The van der Waals surface area contributed by atoms with E-state index in [1.165, 1.54) is 19.5 Å².